The van der Waals surface area contributed by atoms with Crippen molar-refractivity contribution in [1.29, 1.82) is 0 Å². The molecule has 2 heteroatoms. The first-order valence-electron chi connectivity index (χ1n) is 6.10. The van der Waals surface area contributed by atoms with Gasteiger partial charge in [0, 0.05) is 11.8 Å². The lowest BCUT2D eigenvalue weighted by molar-refractivity contribution is -0.154. The van der Waals surface area contributed by atoms with Gasteiger partial charge in [-0.1, -0.05) is 20.8 Å². The van der Waals surface area contributed by atoms with Crippen LogP contribution in [0, 0.1) is 16.7 Å². The van der Waals surface area contributed by atoms with Gasteiger partial charge in [0.15, 0.2) is 0 Å². The first-order valence-corrected chi connectivity index (χ1v) is 6.10. The van der Waals surface area contributed by atoms with Crippen molar-refractivity contribution < 1.29 is 9.90 Å². The molecule has 0 amide bonds. The molecule has 2 rings (SSSR count). The lowest BCUT2D eigenvalue weighted by Crippen LogP contribution is -2.54. The lowest BCUT2D eigenvalue weighted by atomic mass is 9.50. The molecule has 2 aliphatic carbocycles. The summed E-state index contributed by atoms with van der Waals surface area (Å²) in [6.45, 7) is 6.36. The Bertz CT molecular complexity index is 282. The quantitative estimate of drug-likeness (QED) is 0.667. The molecule has 0 saturated heterocycles. The summed E-state index contributed by atoms with van der Waals surface area (Å²) in [5.74, 6) is 0.800. The molecule has 15 heavy (non-hydrogen) atoms. The fourth-order valence-electron chi connectivity index (χ4n) is 3.81. The summed E-state index contributed by atoms with van der Waals surface area (Å²) in [6.07, 6.45) is 4.29. The lowest BCUT2D eigenvalue weighted by Gasteiger charge is -2.54. The first-order chi connectivity index (χ1) is 6.89. The maximum absolute atomic E-state index is 12.1. The maximum atomic E-state index is 12.1. The summed E-state index contributed by atoms with van der Waals surface area (Å²) in [6, 6.07) is 0. The van der Waals surface area contributed by atoms with Crippen LogP contribution in [-0.2, 0) is 4.79 Å². The molecule has 2 saturated carbocycles. The number of rotatable bonds is 0. The molecule has 0 aromatic heterocycles. The van der Waals surface area contributed by atoms with Crippen LogP contribution < -0.4 is 0 Å². The summed E-state index contributed by atoms with van der Waals surface area (Å²) >= 11 is 0. The molecule has 0 radical (unpaired) electrons. The minimum absolute atomic E-state index is 0.0942. The molecule has 86 valence electrons. The third kappa shape index (κ3) is 1.45. The van der Waals surface area contributed by atoms with Crippen molar-refractivity contribution >= 4 is 5.78 Å². The molecule has 1 N–H and O–H groups in total. The molecular weight excluding hydrogens is 188 g/mol. The standard InChI is InChI=1S/C13H22O2/c1-12(2)9-5-4-6-11(15)13(9,3)8-7-10(12)14/h9-10,14H,4-8H2,1-3H3/t9-,10+,13-/m1/s1. The van der Waals surface area contributed by atoms with Gasteiger partial charge in [0.25, 0.3) is 0 Å². The van der Waals surface area contributed by atoms with E-state index in [-0.39, 0.29) is 16.9 Å². The molecule has 0 unspecified atom stereocenters. The van der Waals surface area contributed by atoms with Crippen LogP contribution in [0.15, 0.2) is 0 Å². The van der Waals surface area contributed by atoms with Crippen molar-refractivity contribution in [3.05, 3.63) is 0 Å². The molecular formula is C13H22O2. The molecule has 0 spiro atoms. The minimum Gasteiger partial charge on any atom is -0.393 e. The highest BCUT2D eigenvalue weighted by molar-refractivity contribution is 5.85. The molecule has 2 aliphatic rings. The Kier molecular flexibility index (Phi) is 2.45. The van der Waals surface area contributed by atoms with Crippen molar-refractivity contribution in [3.63, 3.8) is 0 Å². The van der Waals surface area contributed by atoms with Gasteiger partial charge in [-0.2, -0.15) is 0 Å². The van der Waals surface area contributed by atoms with Crippen LogP contribution in [-0.4, -0.2) is 17.0 Å². The van der Waals surface area contributed by atoms with E-state index in [1.54, 1.807) is 0 Å². The molecule has 0 aromatic carbocycles. The van der Waals surface area contributed by atoms with Crippen molar-refractivity contribution in [2.75, 3.05) is 0 Å². The summed E-state index contributed by atoms with van der Waals surface area (Å²) in [4.78, 5) is 12.1. The zero-order valence-electron chi connectivity index (χ0n) is 10.0. The van der Waals surface area contributed by atoms with Crippen LogP contribution in [0.3, 0.4) is 0 Å². The molecule has 0 bridgehead atoms. The van der Waals surface area contributed by atoms with E-state index < -0.39 is 0 Å². The molecule has 0 aromatic rings. The van der Waals surface area contributed by atoms with E-state index in [4.69, 9.17) is 0 Å². The summed E-state index contributed by atoms with van der Waals surface area (Å²) in [5, 5.41) is 10.1. The third-order valence-electron chi connectivity index (χ3n) is 5.00. The highest BCUT2D eigenvalue weighted by atomic mass is 16.3. The topological polar surface area (TPSA) is 37.3 Å². The SMILES string of the molecule is CC1(C)[C@H]2CCCC(=O)[C@]2(C)CC[C@@H]1O. The van der Waals surface area contributed by atoms with Crippen LogP contribution in [0.25, 0.3) is 0 Å². The van der Waals surface area contributed by atoms with Gasteiger partial charge in [-0.05, 0) is 37.0 Å². The predicted octanol–water partition coefficient (Wildman–Crippen LogP) is 2.54. The first kappa shape index (κ1) is 11.1. The Morgan fingerprint density at radius 2 is 1.93 bits per heavy atom. The summed E-state index contributed by atoms with van der Waals surface area (Å²) in [5.41, 5.74) is -0.246. The number of aliphatic hydroxyl groups excluding tert-OH is 1. The Balaban J connectivity index is 2.35. The van der Waals surface area contributed by atoms with E-state index in [1.165, 1.54) is 0 Å². The molecule has 0 heterocycles. The third-order valence-corrected chi connectivity index (χ3v) is 5.00. The Morgan fingerprint density at radius 3 is 2.60 bits per heavy atom. The number of carbonyl (C=O) groups is 1. The number of ketones is 1. The van der Waals surface area contributed by atoms with Gasteiger partial charge < -0.3 is 5.11 Å². The van der Waals surface area contributed by atoms with Gasteiger partial charge in [0.2, 0.25) is 0 Å². The Hall–Kier alpha value is -0.370. The Labute approximate surface area is 92.1 Å². The van der Waals surface area contributed by atoms with E-state index in [1.807, 2.05) is 0 Å². The summed E-state index contributed by atoms with van der Waals surface area (Å²) in [7, 11) is 0. The average Bonchev–Trinajstić information content (AvgIpc) is 2.16. The van der Waals surface area contributed by atoms with Crippen molar-refractivity contribution in [2.45, 2.75) is 59.0 Å². The highest BCUT2D eigenvalue weighted by Crippen LogP contribution is 2.56. The molecule has 2 fully saturated rings. The van der Waals surface area contributed by atoms with Gasteiger partial charge in [0.1, 0.15) is 5.78 Å². The zero-order chi connectivity index (χ0) is 11.3. The smallest absolute Gasteiger partial charge is 0.139 e. The van der Waals surface area contributed by atoms with Gasteiger partial charge in [-0.15, -0.1) is 0 Å². The van der Waals surface area contributed by atoms with Crippen molar-refractivity contribution in [3.8, 4) is 0 Å². The maximum Gasteiger partial charge on any atom is 0.139 e. The summed E-state index contributed by atoms with van der Waals surface area (Å²) < 4.78 is 0. The number of fused-ring (bicyclic) bond motifs is 1. The molecule has 3 atom stereocenters. The van der Waals surface area contributed by atoms with Gasteiger partial charge >= 0.3 is 0 Å². The average molecular weight is 210 g/mol. The van der Waals surface area contributed by atoms with E-state index in [9.17, 15) is 9.90 Å². The fraction of sp³-hybridized carbons (Fsp3) is 0.923. The second-order valence-corrected chi connectivity index (χ2v) is 6.16. The number of carbonyl (C=O) groups excluding carboxylic acids is 1. The largest absolute Gasteiger partial charge is 0.393 e. The zero-order valence-corrected chi connectivity index (χ0v) is 10.0. The van der Waals surface area contributed by atoms with Gasteiger partial charge in [-0.25, -0.2) is 0 Å². The van der Waals surface area contributed by atoms with E-state index in [0.29, 0.717) is 11.7 Å². The van der Waals surface area contributed by atoms with E-state index in [0.717, 1.165) is 32.1 Å². The van der Waals surface area contributed by atoms with Crippen LogP contribution in [0.4, 0.5) is 0 Å². The van der Waals surface area contributed by atoms with E-state index in [2.05, 4.69) is 20.8 Å². The monoisotopic (exact) mass is 210 g/mol. The Morgan fingerprint density at radius 1 is 1.27 bits per heavy atom. The second kappa shape index (κ2) is 3.31. The number of Topliss-reactive ketones (excluding diaryl/α,β-unsaturated/α-hetero) is 1. The van der Waals surface area contributed by atoms with Gasteiger partial charge in [0.05, 0.1) is 6.10 Å². The molecule has 0 aliphatic heterocycles. The fourth-order valence-corrected chi connectivity index (χ4v) is 3.81. The van der Waals surface area contributed by atoms with Gasteiger partial charge in [-0.3, -0.25) is 4.79 Å². The number of hydrogen-bond donors (Lipinski definition) is 1. The highest BCUT2D eigenvalue weighted by Gasteiger charge is 2.54. The van der Waals surface area contributed by atoms with Crippen LogP contribution in [0.5, 0.6) is 0 Å². The molecule has 2 nitrogen and oxygen atoms in total. The van der Waals surface area contributed by atoms with E-state index >= 15 is 0 Å². The number of aliphatic hydroxyl groups is 1. The van der Waals surface area contributed by atoms with Crippen LogP contribution in [0.2, 0.25) is 0 Å². The minimum atomic E-state index is -0.235. The predicted molar refractivity (Wildman–Crippen MR) is 59.5 cm³/mol. The van der Waals surface area contributed by atoms with Crippen LogP contribution in [0.1, 0.15) is 52.9 Å². The van der Waals surface area contributed by atoms with Crippen LogP contribution >= 0.6 is 0 Å². The van der Waals surface area contributed by atoms with Crippen molar-refractivity contribution in [1.82, 2.24) is 0 Å². The second-order valence-electron chi connectivity index (χ2n) is 6.16. The normalized spacial score (nSPS) is 44.9. The number of hydrogen-bond acceptors (Lipinski definition) is 2. The van der Waals surface area contributed by atoms with Crippen molar-refractivity contribution in [2.24, 2.45) is 16.7 Å².